The number of primary amides is 1. The standard InChI is InChI=1S/C13H18FN3O/c14-9-3-4-12(11(8-9)13(15)18)17-10-2-1-6-16-7-5-10/h3-4,8,10,16-17H,1-2,5-7H2,(H2,15,18). The Morgan fingerprint density at radius 1 is 1.39 bits per heavy atom. The van der Waals surface area contributed by atoms with Crippen LogP contribution < -0.4 is 16.4 Å². The van der Waals surface area contributed by atoms with Crippen LogP contribution in [0.1, 0.15) is 29.6 Å². The van der Waals surface area contributed by atoms with E-state index < -0.39 is 11.7 Å². The average Bonchev–Trinajstić information content (AvgIpc) is 2.60. The summed E-state index contributed by atoms with van der Waals surface area (Å²) in [5.74, 6) is -1.05. The number of nitrogens with one attached hydrogen (secondary N) is 2. The van der Waals surface area contributed by atoms with Crippen LogP contribution in [-0.4, -0.2) is 25.0 Å². The van der Waals surface area contributed by atoms with E-state index in [-0.39, 0.29) is 5.56 Å². The van der Waals surface area contributed by atoms with E-state index in [9.17, 15) is 9.18 Å². The largest absolute Gasteiger partial charge is 0.382 e. The van der Waals surface area contributed by atoms with E-state index in [2.05, 4.69) is 10.6 Å². The molecule has 1 amide bonds. The van der Waals surface area contributed by atoms with Gasteiger partial charge in [-0.05, 0) is 50.6 Å². The van der Waals surface area contributed by atoms with Gasteiger partial charge in [-0.3, -0.25) is 4.79 Å². The molecule has 0 bridgehead atoms. The summed E-state index contributed by atoms with van der Waals surface area (Å²) in [4.78, 5) is 11.3. The lowest BCUT2D eigenvalue weighted by Crippen LogP contribution is -2.24. The highest BCUT2D eigenvalue weighted by atomic mass is 19.1. The molecule has 1 aromatic rings. The topological polar surface area (TPSA) is 67.2 Å². The first kappa shape index (κ1) is 12.8. The summed E-state index contributed by atoms with van der Waals surface area (Å²) >= 11 is 0. The summed E-state index contributed by atoms with van der Waals surface area (Å²) in [6, 6.07) is 4.39. The van der Waals surface area contributed by atoms with Gasteiger partial charge in [0, 0.05) is 11.7 Å². The Morgan fingerprint density at radius 3 is 3.00 bits per heavy atom. The quantitative estimate of drug-likeness (QED) is 0.762. The third-order valence-electron chi connectivity index (χ3n) is 3.18. The molecular formula is C13H18FN3O. The molecule has 1 aliphatic heterocycles. The number of carbonyl (C=O) groups is 1. The molecule has 0 aromatic heterocycles. The maximum atomic E-state index is 13.1. The van der Waals surface area contributed by atoms with Crippen LogP contribution in [0.3, 0.4) is 0 Å². The van der Waals surface area contributed by atoms with Gasteiger partial charge in [0.05, 0.1) is 5.56 Å². The van der Waals surface area contributed by atoms with Crippen LogP contribution in [0.2, 0.25) is 0 Å². The highest BCUT2D eigenvalue weighted by molar-refractivity contribution is 5.98. The number of benzene rings is 1. The van der Waals surface area contributed by atoms with Gasteiger partial charge in [-0.2, -0.15) is 0 Å². The number of amides is 1. The molecule has 5 heteroatoms. The van der Waals surface area contributed by atoms with Crippen molar-refractivity contribution in [1.82, 2.24) is 5.32 Å². The van der Waals surface area contributed by atoms with Crippen LogP contribution in [0.25, 0.3) is 0 Å². The van der Waals surface area contributed by atoms with Gasteiger partial charge in [-0.25, -0.2) is 4.39 Å². The Balaban J connectivity index is 2.14. The highest BCUT2D eigenvalue weighted by Gasteiger charge is 2.15. The van der Waals surface area contributed by atoms with Crippen molar-refractivity contribution in [3.8, 4) is 0 Å². The Morgan fingerprint density at radius 2 is 2.22 bits per heavy atom. The minimum absolute atomic E-state index is 0.215. The Bertz CT molecular complexity index is 428. The van der Waals surface area contributed by atoms with Gasteiger partial charge in [-0.15, -0.1) is 0 Å². The van der Waals surface area contributed by atoms with Crippen molar-refractivity contribution in [1.29, 1.82) is 0 Å². The zero-order valence-corrected chi connectivity index (χ0v) is 10.2. The SMILES string of the molecule is NC(=O)c1cc(F)ccc1NC1CCCNCC1. The lowest BCUT2D eigenvalue weighted by Gasteiger charge is -2.19. The molecule has 2 rings (SSSR count). The minimum Gasteiger partial charge on any atom is -0.382 e. The monoisotopic (exact) mass is 251 g/mol. The molecule has 1 saturated heterocycles. The Hall–Kier alpha value is -1.62. The normalized spacial score (nSPS) is 20.2. The number of halogens is 1. The third-order valence-corrected chi connectivity index (χ3v) is 3.18. The minimum atomic E-state index is -0.608. The van der Waals surface area contributed by atoms with E-state index in [1.807, 2.05) is 0 Å². The fourth-order valence-electron chi connectivity index (χ4n) is 2.23. The molecule has 18 heavy (non-hydrogen) atoms. The molecule has 1 aliphatic rings. The number of hydrogen-bond donors (Lipinski definition) is 3. The second-order valence-electron chi connectivity index (χ2n) is 4.58. The molecule has 1 atom stereocenters. The van der Waals surface area contributed by atoms with Crippen LogP contribution >= 0.6 is 0 Å². The summed E-state index contributed by atoms with van der Waals surface area (Å²) in [5, 5.41) is 6.61. The second-order valence-corrected chi connectivity index (χ2v) is 4.58. The maximum absolute atomic E-state index is 13.1. The fourth-order valence-corrected chi connectivity index (χ4v) is 2.23. The Kier molecular flexibility index (Phi) is 4.15. The van der Waals surface area contributed by atoms with Gasteiger partial charge in [0.25, 0.3) is 5.91 Å². The number of hydrogen-bond acceptors (Lipinski definition) is 3. The van der Waals surface area contributed by atoms with Gasteiger partial charge in [0.2, 0.25) is 0 Å². The molecule has 1 aromatic carbocycles. The maximum Gasteiger partial charge on any atom is 0.250 e. The van der Waals surface area contributed by atoms with Crippen LogP contribution in [-0.2, 0) is 0 Å². The summed E-state index contributed by atoms with van der Waals surface area (Å²) in [6.07, 6.45) is 3.10. The van der Waals surface area contributed by atoms with Gasteiger partial charge in [0.15, 0.2) is 0 Å². The van der Waals surface area contributed by atoms with Crippen LogP contribution in [0, 0.1) is 5.82 Å². The van der Waals surface area contributed by atoms with Crippen LogP contribution in [0.5, 0.6) is 0 Å². The molecule has 4 nitrogen and oxygen atoms in total. The number of carbonyl (C=O) groups excluding carboxylic acids is 1. The highest BCUT2D eigenvalue weighted by Crippen LogP contribution is 2.20. The molecule has 98 valence electrons. The number of anilines is 1. The summed E-state index contributed by atoms with van der Waals surface area (Å²) in [7, 11) is 0. The van der Waals surface area contributed by atoms with Gasteiger partial charge < -0.3 is 16.4 Å². The number of rotatable bonds is 3. The van der Waals surface area contributed by atoms with E-state index in [0.29, 0.717) is 11.7 Å². The first-order chi connectivity index (χ1) is 8.66. The molecule has 4 N–H and O–H groups in total. The van der Waals surface area contributed by atoms with E-state index >= 15 is 0 Å². The van der Waals surface area contributed by atoms with E-state index in [1.165, 1.54) is 12.1 Å². The molecule has 1 fully saturated rings. The van der Waals surface area contributed by atoms with Gasteiger partial charge in [0.1, 0.15) is 5.82 Å². The van der Waals surface area contributed by atoms with Crippen molar-refractivity contribution >= 4 is 11.6 Å². The van der Waals surface area contributed by atoms with Crippen molar-refractivity contribution in [2.45, 2.75) is 25.3 Å². The summed E-state index contributed by atoms with van der Waals surface area (Å²) in [5.41, 5.74) is 6.10. The Labute approximate surface area is 106 Å². The smallest absolute Gasteiger partial charge is 0.250 e. The molecule has 1 unspecified atom stereocenters. The zero-order valence-electron chi connectivity index (χ0n) is 10.2. The molecular weight excluding hydrogens is 233 g/mol. The van der Waals surface area contributed by atoms with Crippen LogP contribution in [0.4, 0.5) is 10.1 Å². The van der Waals surface area contributed by atoms with Crippen molar-refractivity contribution in [2.24, 2.45) is 5.73 Å². The van der Waals surface area contributed by atoms with Crippen molar-refractivity contribution in [2.75, 3.05) is 18.4 Å². The predicted molar refractivity (Wildman–Crippen MR) is 69.0 cm³/mol. The third kappa shape index (κ3) is 3.20. The lowest BCUT2D eigenvalue weighted by atomic mass is 10.1. The zero-order chi connectivity index (χ0) is 13.0. The molecule has 0 radical (unpaired) electrons. The second kappa shape index (κ2) is 5.82. The van der Waals surface area contributed by atoms with Crippen LogP contribution in [0.15, 0.2) is 18.2 Å². The van der Waals surface area contributed by atoms with Crippen molar-refractivity contribution in [3.63, 3.8) is 0 Å². The number of nitrogens with two attached hydrogens (primary N) is 1. The average molecular weight is 251 g/mol. The predicted octanol–water partition coefficient (Wildman–Crippen LogP) is 1.48. The fraction of sp³-hybridized carbons (Fsp3) is 0.462. The molecule has 0 aliphatic carbocycles. The first-order valence-corrected chi connectivity index (χ1v) is 6.23. The van der Waals surface area contributed by atoms with E-state index in [1.54, 1.807) is 6.07 Å². The first-order valence-electron chi connectivity index (χ1n) is 6.23. The lowest BCUT2D eigenvalue weighted by molar-refractivity contribution is 0.100. The van der Waals surface area contributed by atoms with Gasteiger partial charge >= 0.3 is 0 Å². The van der Waals surface area contributed by atoms with E-state index in [0.717, 1.165) is 32.4 Å². The summed E-state index contributed by atoms with van der Waals surface area (Å²) < 4.78 is 13.1. The van der Waals surface area contributed by atoms with Gasteiger partial charge in [-0.1, -0.05) is 0 Å². The molecule has 0 spiro atoms. The molecule has 0 saturated carbocycles. The van der Waals surface area contributed by atoms with Crippen molar-refractivity contribution in [3.05, 3.63) is 29.6 Å². The van der Waals surface area contributed by atoms with Crippen molar-refractivity contribution < 1.29 is 9.18 Å². The molecule has 1 heterocycles. The summed E-state index contributed by atoms with van der Waals surface area (Å²) in [6.45, 7) is 1.97. The van der Waals surface area contributed by atoms with E-state index in [4.69, 9.17) is 5.73 Å².